The molecule has 1 fully saturated rings. The number of hydrogen-bond acceptors (Lipinski definition) is 5. The fourth-order valence-corrected chi connectivity index (χ4v) is 2.83. The molecule has 24 heavy (non-hydrogen) atoms. The monoisotopic (exact) mass is 355 g/mol. The van der Waals surface area contributed by atoms with Crippen molar-refractivity contribution in [3.63, 3.8) is 0 Å². The van der Waals surface area contributed by atoms with Crippen molar-refractivity contribution in [1.82, 2.24) is 4.90 Å². The highest BCUT2D eigenvalue weighted by atomic mass is 35.5. The number of hydrogen-bond donors (Lipinski definition) is 0. The molecule has 0 aromatic heterocycles. The average Bonchev–Trinajstić information content (AvgIpc) is 2.52. The van der Waals surface area contributed by atoms with E-state index in [1.165, 1.54) is 0 Å². The third kappa shape index (κ3) is 6.30. The zero-order chi connectivity index (χ0) is 17.5. The fraction of sp³-hybridized carbons (Fsp3) is 0.611. The predicted molar refractivity (Wildman–Crippen MR) is 93.5 cm³/mol. The quantitative estimate of drug-likeness (QED) is 0.704. The van der Waals surface area contributed by atoms with Crippen LogP contribution in [0.1, 0.15) is 20.8 Å². The van der Waals surface area contributed by atoms with Gasteiger partial charge in [0.2, 0.25) is 0 Å². The molecule has 0 amide bonds. The first-order chi connectivity index (χ1) is 11.4. The maximum atomic E-state index is 12.1. The molecule has 1 aromatic rings. The molecule has 5 nitrogen and oxygen atoms in total. The number of nitrogens with zero attached hydrogens (tertiary/aromatic N) is 1. The molecule has 0 spiro atoms. The van der Waals surface area contributed by atoms with Crippen LogP contribution in [0.2, 0.25) is 5.02 Å². The minimum atomic E-state index is -0.696. The Bertz CT molecular complexity index is 538. The molecule has 0 aliphatic carbocycles. The molecule has 2 unspecified atom stereocenters. The van der Waals surface area contributed by atoms with E-state index < -0.39 is 12.1 Å². The molecule has 6 heteroatoms. The number of esters is 1. The number of morpholine rings is 1. The van der Waals surface area contributed by atoms with E-state index in [4.69, 9.17) is 25.8 Å². The maximum absolute atomic E-state index is 12.1. The summed E-state index contributed by atoms with van der Waals surface area (Å²) in [5, 5.41) is 0.564. The van der Waals surface area contributed by atoms with Gasteiger partial charge >= 0.3 is 5.97 Å². The van der Waals surface area contributed by atoms with Crippen LogP contribution in [0.15, 0.2) is 24.3 Å². The van der Waals surface area contributed by atoms with Crippen LogP contribution in [-0.2, 0) is 14.3 Å². The number of ether oxygens (including phenoxy) is 3. The van der Waals surface area contributed by atoms with Gasteiger partial charge in [0, 0.05) is 24.7 Å². The van der Waals surface area contributed by atoms with Crippen molar-refractivity contribution in [2.24, 2.45) is 5.92 Å². The summed E-state index contributed by atoms with van der Waals surface area (Å²) >= 11 is 5.90. The Hall–Kier alpha value is -1.30. The minimum Gasteiger partial charge on any atom is -0.479 e. The van der Waals surface area contributed by atoms with E-state index in [-0.39, 0.29) is 12.7 Å². The lowest BCUT2D eigenvalue weighted by Crippen LogP contribution is -2.46. The molecule has 1 heterocycles. The van der Waals surface area contributed by atoms with Gasteiger partial charge in [-0.05, 0) is 31.0 Å². The average molecular weight is 356 g/mol. The van der Waals surface area contributed by atoms with Crippen molar-refractivity contribution in [3.05, 3.63) is 29.3 Å². The van der Waals surface area contributed by atoms with Gasteiger partial charge in [0.05, 0.1) is 6.61 Å². The van der Waals surface area contributed by atoms with Crippen LogP contribution in [0.4, 0.5) is 0 Å². The van der Waals surface area contributed by atoms with E-state index in [2.05, 4.69) is 18.7 Å². The summed E-state index contributed by atoms with van der Waals surface area (Å²) in [4.78, 5) is 14.4. The van der Waals surface area contributed by atoms with Crippen molar-refractivity contribution in [2.75, 3.05) is 32.8 Å². The summed E-state index contributed by atoms with van der Waals surface area (Å²) in [5.74, 6) is 0.751. The Morgan fingerprint density at radius 3 is 2.92 bits per heavy atom. The Morgan fingerprint density at radius 1 is 1.42 bits per heavy atom. The third-order valence-electron chi connectivity index (χ3n) is 3.70. The molecular weight excluding hydrogens is 330 g/mol. The summed E-state index contributed by atoms with van der Waals surface area (Å²) in [6.45, 7) is 9.71. The SMILES string of the molecule is CC(C)CN1CCOC(COC(=O)C(C)Oc2cccc(Cl)c2)C1. The largest absolute Gasteiger partial charge is 0.479 e. The number of carbonyl (C=O) groups is 1. The van der Waals surface area contributed by atoms with Gasteiger partial charge in [-0.15, -0.1) is 0 Å². The first-order valence-electron chi connectivity index (χ1n) is 8.37. The van der Waals surface area contributed by atoms with Gasteiger partial charge in [0.1, 0.15) is 18.5 Å². The summed E-state index contributed by atoms with van der Waals surface area (Å²) in [7, 11) is 0. The topological polar surface area (TPSA) is 48.0 Å². The highest BCUT2D eigenvalue weighted by molar-refractivity contribution is 6.30. The Kier molecular flexibility index (Phi) is 7.34. The first kappa shape index (κ1) is 19.0. The van der Waals surface area contributed by atoms with Crippen LogP contribution in [0.5, 0.6) is 5.75 Å². The van der Waals surface area contributed by atoms with Crippen LogP contribution in [0.25, 0.3) is 0 Å². The van der Waals surface area contributed by atoms with E-state index in [9.17, 15) is 4.79 Å². The molecule has 0 saturated carbocycles. The Balaban J connectivity index is 1.75. The molecule has 1 aliphatic rings. The maximum Gasteiger partial charge on any atom is 0.347 e. The zero-order valence-electron chi connectivity index (χ0n) is 14.5. The second kappa shape index (κ2) is 9.25. The van der Waals surface area contributed by atoms with Gasteiger partial charge in [-0.2, -0.15) is 0 Å². The van der Waals surface area contributed by atoms with E-state index in [0.29, 0.717) is 23.3 Å². The summed E-state index contributed by atoms with van der Waals surface area (Å²) < 4.78 is 16.6. The lowest BCUT2D eigenvalue weighted by molar-refractivity contribution is -0.157. The van der Waals surface area contributed by atoms with Gasteiger partial charge in [-0.3, -0.25) is 4.90 Å². The predicted octanol–water partition coefficient (Wildman–Crippen LogP) is 3.01. The molecule has 1 aromatic carbocycles. The van der Waals surface area contributed by atoms with Crippen molar-refractivity contribution < 1.29 is 19.0 Å². The van der Waals surface area contributed by atoms with E-state index >= 15 is 0 Å². The van der Waals surface area contributed by atoms with Gasteiger partial charge < -0.3 is 14.2 Å². The van der Waals surface area contributed by atoms with Crippen molar-refractivity contribution in [3.8, 4) is 5.75 Å². The van der Waals surface area contributed by atoms with Gasteiger partial charge in [-0.1, -0.05) is 31.5 Å². The molecule has 2 rings (SSSR count). The molecule has 1 aliphatic heterocycles. The van der Waals surface area contributed by atoms with Crippen LogP contribution >= 0.6 is 11.6 Å². The summed E-state index contributed by atoms with van der Waals surface area (Å²) in [5.41, 5.74) is 0. The molecule has 2 atom stereocenters. The van der Waals surface area contributed by atoms with Crippen molar-refractivity contribution >= 4 is 17.6 Å². The number of halogens is 1. The van der Waals surface area contributed by atoms with Crippen LogP contribution in [-0.4, -0.2) is 55.9 Å². The zero-order valence-corrected chi connectivity index (χ0v) is 15.3. The molecule has 134 valence electrons. The summed E-state index contributed by atoms with van der Waals surface area (Å²) in [6, 6.07) is 6.94. The molecule has 0 radical (unpaired) electrons. The minimum absolute atomic E-state index is 0.0835. The summed E-state index contributed by atoms with van der Waals surface area (Å²) in [6.07, 6.45) is -0.779. The van der Waals surface area contributed by atoms with Crippen LogP contribution < -0.4 is 4.74 Å². The van der Waals surface area contributed by atoms with E-state index in [1.54, 1.807) is 31.2 Å². The molecule has 1 saturated heterocycles. The second-order valence-electron chi connectivity index (χ2n) is 6.49. The van der Waals surface area contributed by atoms with Crippen LogP contribution in [0.3, 0.4) is 0 Å². The van der Waals surface area contributed by atoms with Gasteiger partial charge in [0.25, 0.3) is 0 Å². The molecule has 0 bridgehead atoms. The Morgan fingerprint density at radius 2 is 2.21 bits per heavy atom. The number of carbonyl (C=O) groups excluding carboxylic acids is 1. The van der Waals surface area contributed by atoms with Gasteiger partial charge in [0.15, 0.2) is 6.10 Å². The normalized spacial score (nSPS) is 20.0. The van der Waals surface area contributed by atoms with Crippen LogP contribution in [0, 0.1) is 5.92 Å². The number of rotatable bonds is 7. The molecule has 0 N–H and O–H groups in total. The fourth-order valence-electron chi connectivity index (χ4n) is 2.65. The highest BCUT2D eigenvalue weighted by Gasteiger charge is 2.24. The highest BCUT2D eigenvalue weighted by Crippen LogP contribution is 2.18. The lowest BCUT2D eigenvalue weighted by atomic mass is 10.2. The van der Waals surface area contributed by atoms with Crippen molar-refractivity contribution in [1.29, 1.82) is 0 Å². The van der Waals surface area contributed by atoms with Gasteiger partial charge in [-0.25, -0.2) is 4.79 Å². The standard InChI is InChI=1S/C18H26ClNO4/c1-13(2)10-20-7-8-22-17(11-20)12-23-18(21)14(3)24-16-6-4-5-15(19)9-16/h4-6,9,13-14,17H,7-8,10-12H2,1-3H3. The first-order valence-corrected chi connectivity index (χ1v) is 8.74. The Labute approximate surface area is 148 Å². The third-order valence-corrected chi connectivity index (χ3v) is 3.93. The smallest absolute Gasteiger partial charge is 0.347 e. The van der Waals surface area contributed by atoms with Crippen molar-refractivity contribution in [2.45, 2.75) is 33.0 Å². The molecular formula is C18H26ClNO4. The van der Waals surface area contributed by atoms with E-state index in [1.807, 2.05) is 0 Å². The van der Waals surface area contributed by atoms with E-state index in [0.717, 1.165) is 19.6 Å². The second-order valence-corrected chi connectivity index (χ2v) is 6.93. The lowest BCUT2D eigenvalue weighted by Gasteiger charge is -2.33. The number of benzene rings is 1.